The number of nitrogens with zero attached hydrogens (tertiary/aromatic N) is 1. The molecule has 0 atom stereocenters. The van der Waals surface area contributed by atoms with E-state index < -0.39 is 0 Å². The molecule has 0 unspecified atom stereocenters. The molecule has 1 aromatic carbocycles. The van der Waals surface area contributed by atoms with Crippen LogP contribution in [0.3, 0.4) is 0 Å². The van der Waals surface area contributed by atoms with Crippen LogP contribution in [0.4, 0.5) is 0 Å². The van der Waals surface area contributed by atoms with Gasteiger partial charge >= 0.3 is 0 Å². The highest BCUT2D eigenvalue weighted by Crippen LogP contribution is 2.21. The van der Waals surface area contributed by atoms with Crippen LogP contribution in [0, 0.1) is 0 Å². The second kappa shape index (κ2) is 7.18. The highest BCUT2D eigenvalue weighted by molar-refractivity contribution is 5.97. The second-order valence-electron chi connectivity index (χ2n) is 5.70. The summed E-state index contributed by atoms with van der Waals surface area (Å²) in [5.74, 6) is -0.0385. The molecule has 3 rings (SSSR count). The summed E-state index contributed by atoms with van der Waals surface area (Å²) < 4.78 is 7.50. The third kappa shape index (κ3) is 3.47. The smallest absolute Gasteiger partial charge is 0.268 e. The lowest BCUT2D eigenvalue weighted by atomic mass is 10.1. The van der Waals surface area contributed by atoms with Gasteiger partial charge in [-0.1, -0.05) is 43.7 Å². The van der Waals surface area contributed by atoms with Crippen molar-refractivity contribution in [2.24, 2.45) is 0 Å². The van der Waals surface area contributed by atoms with Crippen molar-refractivity contribution in [1.29, 1.82) is 0 Å². The number of amides is 1. The molecule has 0 aliphatic carbocycles. The van der Waals surface area contributed by atoms with Gasteiger partial charge in [-0.25, -0.2) is 0 Å². The third-order valence-electron chi connectivity index (χ3n) is 4.03. The lowest BCUT2D eigenvalue weighted by molar-refractivity contribution is 0.0945. The molecule has 4 heteroatoms. The van der Waals surface area contributed by atoms with Gasteiger partial charge in [0.05, 0.1) is 11.8 Å². The van der Waals surface area contributed by atoms with Crippen LogP contribution in [-0.2, 0) is 13.0 Å². The van der Waals surface area contributed by atoms with Crippen molar-refractivity contribution >= 4 is 17.0 Å². The molecule has 0 radical (unpaired) electrons. The minimum absolute atomic E-state index is 0.0385. The van der Waals surface area contributed by atoms with E-state index in [4.69, 9.17) is 4.42 Å². The molecule has 0 fully saturated rings. The molecule has 120 valence electrons. The fourth-order valence-corrected chi connectivity index (χ4v) is 2.78. The van der Waals surface area contributed by atoms with Crippen molar-refractivity contribution in [1.82, 2.24) is 9.88 Å². The molecular formula is C19H22N2O2. The van der Waals surface area contributed by atoms with Gasteiger partial charge in [0.15, 0.2) is 5.58 Å². The number of aryl methyl sites for hydroxylation is 1. The molecule has 0 spiro atoms. The summed E-state index contributed by atoms with van der Waals surface area (Å²) in [4.78, 5) is 12.5. The Morgan fingerprint density at radius 1 is 1.22 bits per heavy atom. The molecule has 4 nitrogen and oxygen atoms in total. The first-order valence-corrected chi connectivity index (χ1v) is 8.18. The van der Waals surface area contributed by atoms with Crippen molar-refractivity contribution < 1.29 is 9.21 Å². The Hall–Kier alpha value is -2.49. The molecule has 3 aromatic rings. The first-order valence-electron chi connectivity index (χ1n) is 8.18. The van der Waals surface area contributed by atoms with Crippen molar-refractivity contribution in [3.05, 3.63) is 60.0 Å². The Morgan fingerprint density at radius 2 is 2.04 bits per heavy atom. The summed E-state index contributed by atoms with van der Waals surface area (Å²) in [6.45, 7) is 3.61. The summed E-state index contributed by atoms with van der Waals surface area (Å²) in [7, 11) is 0. The lowest BCUT2D eigenvalue weighted by Gasteiger charge is -2.10. The average molecular weight is 310 g/mol. The van der Waals surface area contributed by atoms with Gasteiger partial charge in [-0.2, -0.15) is 0 Å². The third-order valence-corrected chi connectivity index (χ3v) is 4.03. The summed E-state index contributed by atoms with van der Waals surface area (Å²) in [6.07, 6.45) is 4.63. The zero-order chi connectivity index (χ0) is 16.1. The van der Waals surface area contributed by atoms with Gasteiger partial charge in [0.2, 0.25) is 0 Å². The Bertz CT molecular complexity index is 771. The highest BCUT2D eigenvalue weighted by Gasteiger charge is 2.16. The van der Waals surface area contributed by atoms with Crippen LogP contribution in [0.5, 0.6) is 0 Å². The van der Waals surface area contributed by atoms with Crippen molar-refractivity contribution in [3.8, 4) is 0 Å². The van der Waals surface area contributed by atoms with Crippen molar-refractivity contribution in [3.63, 3.8) is 0 Å². The standard InChI is InChI=1S/C19H22N2O2/c1-2-3-12-21-16-10-13-23-18(16)14-17(21)19(22)20-11-9-15-7-5-4-6-8-15/h4-8,10,13-14H,2-3,9,11-12H2,1H3,(H,20,22). The predicted molar refractivity (Wildman–Crippen MR) is 91.6 cm³/mol. The highest BCUT2D eigenvalue weighted by atomic mass is 16.3. The molecule has 1 amide bonds. The zero-order valence-corrected chi connectivity index (χ0v) is 13.4. The molecule has 2 heterocycles. The van der Waals surface area contributed by atoms with E-state index in [0.717, 1.165) is 36.9 Å². The van der Waals surface area contributed by atoms with Gasteiger partial charge in [0.25, 0.3) is 5.91 Å². The molecule has 0 bridgehead atoms. The van der Waals surface area contributed by atoms with Crippen LogP contribution in [0.25, 0.3) is 11.1 Å². The van der Waals surface area contributed by atoms with Crippen molar-refractivity contribution in [2.45, 2.75) is 32.7 Å². The van der Waals surface area contributed by atoms with E-state index in [2.05, 4.69) is 28.9 Å². The molecular weight excluding hydrogens is 288 g/mol. The molecule has 0 aliphatic heterocycles. The first-order chi connectivity index (χ1) is 11.3. The van der Waals surface area contributed by atoms with Gasteiger partial charge < -0.3 is 14.3 Å². The van der Waals surface area contributed by atoms with Gasteiger partial charge in [-0.05, 0) is 18.4 Å². The number of hydrogen-bond donors (Lipinski definition) is 1. The molecule has 0 aliphatic rings. The maximum Gasteiger partial charge on any atom is 0.268 e. The van der Waals surface area contributed by atoms with E-state index in [-0.39, 0.29) is 5.91 Å². The largest absolute Gasteiger partial charge is 0.463 e. The summed E-state index contributed by atoms with van der Waals surface area (Å²) in [5.41, 5.74) is 3.67. The van der Waals surface area contributed by atoms with E-state index in [1.54, 1.807) is 6.26 Å². The first kappa shape index (κ1) is 15.4. The molecule has 1 N–H and O–H groups in total. The van der Waals surface area contributed by atoms with Gasteiger partial charge in [-0.15, -0.1) is 0 Å². The van der Waals surface area contributed by atoms with Crippen LogP contribution in [0.2, 0.25) is 0 Å². The Balaban J connectivity index is 1.68. The normalized spacial score (nSPS) is 11.0. The van der Waals surface area contributed by atoms with Crippen molar-refractivity contribution in [2.75, 3.05) is 6.54 Å². The maximum absolute atomic E-state index is 12.5. The van der Waals surface area contributed by atoms with E-state index >= 15 is 0 Å². The maximum atomic E-state index is 12.5. The SMILES string of the molecule is CCCCn1c(C(=O)NCCc2ccccc2)cc2occc21. The van der Waals surface area contributed by atoms with E-state index in [1.807, 2.05) is 30.3 Å². The van der Waals surface area contributed by atoms with Crippen LogP contribution in [0.15, 0.2) is 53.1 Å². The van der Waals surface area contributed by atoms with Crippen LogP contribution >= 0.6 is 0 Å². The number of carbonyl (C=O) groups is 1. The summed E-state index contributed by atoms with van der Waals surface area (Å²) in [6, 6.07) is 13.9. The zero-order valence-electron chi connectivity index (χ0n) is 13.4. The van der Waals surface area contributed by atoms with Gasteiger partial charge in [-0.3, -0.25) is 4.79 Å². The van der Waals surface area contributed by atoms with Gasteiger partial charge in [0, 0.05) is 25.2 Å². The van der Waals surface area contributed by atoms with E-state index in [1.165, 1.54) is 5.56 Å². The predicted octanol–water partition coefficient (Wildman–Crippen LogP) is 4.01. The number of unbranched alkanes of at least 4 members (excludes halogenated alkanes) is 1. The Labute approximate surface area is 136 Å². The number of nitrogens with one attached hydrogen (secondary N) is 1. The van der Waals surface area contributed by atoms with Crippen LogP contribution in [0.1, 0.15) is 35.8 Å². The minimum Gasteiger partial charge on any atom is -0.463 e. The molecule has 2 aromatic heterocycles. The summed E-state index contributed by atoms with van der Waals surface area (Å²) in [5, 5.41) is 3.01. The Kier molecular flexibility index (Phi) is 4.81. The number of carbonyl (C=O) groups excluding carboxylic acids is 1. The fraction of sp³-hybridized carbons (Fsp3) is 0.316. The number of fused-ring (bicyclic) bond motifs is 1. The van der Waals surface area contributed by atoms with Gasteiger partial charge in [0.1, 0.15) is 5.69 Å². The number of rotatable bonds is 7. The number of aromatic nitrogens is 1. The Morgan fingerprint density at radius 3 is 2.83 bits per heavy atom. The number of furan rings is 1. The second-order valence-corrected chi connectivity index (χ2v) is 5.70. The van der Waals surface area contributed by atoms with Crippen LogP contribution < -0.4 is 5.32 Å². The lowest BCUT2D eigenvalue weighted by Crippen LogP contribution is -2.28. The number of hydrogen-bond acceptors (Lipinski definition) is 2. The van der Waals surface area contributed by atoms with E-state index in [9.17, 15) is 4.79 Å². The fourth-order valence-electron chi connectivity index (χ4n) is 2.78. The quantitative estimate of drug-likeness (QED) is 0.717. The van der Waals surface area contributed by atoms with Crippen LogP contribution in [-0.4, -0.2) is 17.0 Å². The molecule has 23 heavy (non-hydrogen) atoms. The monoisotopic (exact) mass is 310 g/mol. The topological polar surface area (TPSA) is 47.2 Å². The number of benzene rings is 1. The summed E-state index contributed by atoms with van der Waals surface area (Å²) >= 11 is 0. The molecule has 0 saturated heterocycles. The van der Waals surface area contributed by atoms with E-state index in [0.29, 0.717) is 12.2 Å². The minimum atomic E-state index is -0.0385. The average Bonchev–Trinajstić information content (AvgIpc) is 3.15. The molecule has 0 saturated carbocycles.